The van der Waals surface area contributed by atoms with Crippen molar-refractivity contribution in [1.82, 2.24) is 81.7 Å². The van der Waals surface area contributed by atoms with Crippen LogP contribution in [0.2, 0.25) is 0 Å². The van der Waals surface area contributed by atoms with E-state index in [9.17, 15) is 0 Å². The van der Waals surface area contributed by atoms with E-state index < -0.39 is 0 Å². The summed E-state index contributed by atoms with van der Waals surface area (Å²) >= 11 is 0. The van der Waals surface area contributed by atoms with Crippen molar-refractivity contribution < 1.29 is 98.1 Å². The molecule has 4 rings (SSSR count). The summed E-state index contributed by atoms with van der Waals surface area (Å²) in [6.45, 7) is 13.4. The van der Waals surface area contributed by atoms with Crippen LogP contribution in [0.3, 0.4) is 0 Å². The van der Waals surface area contributed by atoms with Crippen molar-refractivity contribution in [3.63, 3.8) is 0 Å². The van der Waals surface area contributed by atoms with Crippen molar-refractivity contribution in [2.75, 3.05) is 6.54 Å². The van der Waals surface area contributed by atoms with Gasteiger partial charge in [0.1, 0.15) is 13.1 Å². The monoisotopic (exact) mass is 819 g/mol. The summed E-state index contributed by atoms with van der Waals surface area (Å²) in [5.41, 5.74) is 21.0. The molecule has 0 bridgehead atoms. The zero-order valence-corrected chi connectivity index (χ0v) is 31.3. The summed E-state index contributed by atoms with van der Waals surface area (Å²) < 4.78 is 0. The van der Waals surface area contributed by atoms with Gasteiger partial charge in [-0.15, -0.1) is 10.2 Å². The van der Waals surface area contributed by atoms with Crippen LogP contribution < -0.4 is 10.4 Å². The van der Waals surface area contributed by atoms with Gasteiger partial charge in [-0.05, 0) is 10.7 Å². The Bertz CT molecular complexity index is 1180. The van der Waals surface area contributed by atoms with Gasteiger partial charge in [-0.2, -0.15) is 28.7 Å². The number of aromatic nitrogens is 16. The first kappa shape index (κ1) is 52.8. The molecule has 4 aromatic heterocycles. The molecule has 0 aliphatic carbocycles. The summed E-state index contributed by atoms with van der Waals surface area (Å²) in [4.78, 5) is 6.54. The molecule has 0 unspecified atom stereocenters. The van der Waals surface area contributed by atoms with E-state index in [-0.39, 0.29) is 118 Å². The standard InChI is InChI=1S/C6H9N8.C3H2N8.C3H7.C2H2N4.CN.CH4.N3.3Y/c1-4(2)6-9-13-14(10-6)3-5-7-11-12-8-5;1(3-6-8-9-7-3)11-5-2-4-10-11;1-3-2;3-1-2-5-6-4;1-2;;1-3-2;;;/h4H,3H2,1-2H3;1H2;3H,1-2H3;2H2;;1H4;;;;/q-1;-2;-1;;-1;;-1;;;. The fourth-order valence-electron chi connectivity index (χ4n) is 1.55. The minimum absolute atomic E-state index is 0. The van der Waals surface area contributed by atoms with E-state index in [1.165, 1.54) is 14.5 Å². The number of rotatable bonds is 6. The first-order valence-corrected chi connectivity index (χ1v) is 10.0. The number of nitrogens with zero attached hydrogens (tertiary/aromatic N) is 24. The molecule has 0 saturated heterocycles. The first-order chi connectivity index (χ1) is 18.9. The second kappa shape index (κ2) is 39.2. The second-order valence-corrected chi connectivity index (χ2v) is 6.06. The van der Waals surface area contributed by atoms with Crippen LogP contribution in [0.5, 0.6) is 0 Å². The largest absolute Gasteiger partial charge is 0.512 e. The van der Waals surface area contributed by atoms with E-state index in [1.54, 1.807) is 6.07 Å². The quantitative estimate of drug-likeness (QED) is 0.0829. The Kier molecular flexibility index (Phi) is 48.1. The zero-order chi connectivity index (χ0) is 29.7. The molecule has 0 aromatic carbocycles. The molecule has 43 heavy (non-hydrogen) atoms. The van der Waals surface area contributed by atoms with Crippen LogP contribution >= 0.6 is 0 Å². The van der Waals surface area contributed by atoms with Crippen molar-refractivity contribution in [3.05, 3.63) is 63.2 Å². The number of nitriles is 1. The molecule has 4 aromatic rings. The van der Waals surface area contributed by atoms with Gasteiger partial charge in [0, 0.05) is 109 Å². The normalized spacial score (nSPS) is 7.58. The SMILES string of the molecule is C.CC(C)c1nnn(Cc2nn[n-]n2)n1.C[CH-]C.N#CCN=[N+]=[N-].[C-]#N.[N-]=[N+]=[N-].[Y].[Y].[Y].[c-]1nnn(Cc2nn[n-]n2)n1. The van der Waals surface area contributed by atoms with E-state index in [1.807, 2.05) is 34.1 Å². The van der Waals surface area contributed by atoms with Gasteiger partial charge in [-0.3, -0.25) is 25.8 Å². The molecule has 0 atom stereocenters. The van der Waals surface area contributed by atoms with E-state index in [4.69, 9.17) is 33.7 Å². The number of hydrogen-bond donors (Lipinski definition) is 0. The average Bonchev–Trinajstić information content (AvgIpc) is 3.76. The minimum atomic E-state index is -0.0729. The van der Waals surface area contributed by atoms with Crippen LogP contribution in [0.15, 0.2) is 5.11 Å². The third kappa shape index (κ3) is 30.5. The zero-order valence-electron chi connectivity index (χ0n) is 22.7. The Labute approximate surface area is 322 Å². The maximum Gasteiger partial charge on any atom is 0.177 e. The Morgan fingerprint density at radius 3 is 1.77 bits per heavy atom. The summed E-state index contributed by atoms with van der Waals surface area (Å²) in [6.07, 6.45) is 4.30. The molecule has 27 heteroatoms. The van der Waals surface area contributed by atoms with Gasteiger partial charge < -0.3 is 49.7 Å². The van der Waals surface area contributed by atoms with Gasteiger partial charge >= 0.3 is 0 Å². The fourth-order valence-corrected chi connectivity index (χ4v) is 1.55. The first-order valence-electron chi connectivity index (χ1n) is 10.0. The van der Waals surface area contributed by atoms with Gasteiger partial charge in [-0.25, -0.2) is 16.5 Å². The fraction of sp³-hybridized carbons (Fsp3) is 0.562. The van der Waals surface area contributed by atoms with Gasteiger partial charge in [0.05, 0.1) is 24.3 Å². The molecule has 4 heterocycles. The van der Waals surface area contributed by atoms with Gasteiger partial charge in [0.25, 0.3) is 0 Å². The minimum Gasteiger partial charge on any atom is -0.512 e. The van der Waals surface area contributed by atoms with E-state index >= 15 is 0 Å². The Morgan fingerprint density at radius 1 is 0.977 bits per heavy atom. The number of hydrogen-bond acceptors (Lipinski definition) is 15. The molecule has 223 valence electrons. The molecule has 0 fully saturated rings. The van der Waals surface area contributed by atoms with Gasteiger partial charge in [0.2, 0.25) is 0 Å². The maximum atomic E-state index is 7.68. The third-order valence-electron chi connectivity index (χ3n) is 2.83. The number of azide groups is 1. The molecular weight excluding hydrogens is 795 g/mol. The van der Waals surface area contributed by atoms with Crippen LogP contribution in [0.25, 0.3) is 26.4 Å². The molecule has 0 amide bonds. The topological polar surface area (TPSA) is 348 Å². The van der Waals surface area contributed by atoms with Crippen molar-refractivity contribution in [1.29, 1.82) is 10.5 Å². The second-order valence-electron chi connectivity index (χ2n) is 6.06. The van der Waals surface area contributed by atoms with E-state index in [0.717, 1.165) is 0 Å². The van der Waals surface area contributed by atoms with Gasteiger partial charge in [-0.1, -0.05) is 31.6 Å². The number of tetrazole rings is 4. The van der Waals surface area contributed by atoms with Crippen molar-refractivity contribution >= 4 is 0 Å². The van der Waals surface area contributed by atoms with Crippen LogP contribution in [0.1, 0.15) is 58.5 Å². The van der Waals surface area contributed by atoms with Crippen molar-refractivity contribution in [2.45, 2.75) is 54.1 Å². The molecule has 3 radical (unpaired) electrons. The third-order valence-corrected chi connectivity index (χ3v) is 2.83. The molecule has 0 spiro atoms. The average molecular weight is 819 g/mol. The van der Waals surface area contributed by atoms with Crippen LogP contribution in [-0.2, 0) is 111 Å². The Morgan fingerprint density at radius 2 is 1.47 bits per heavy atom. The molecule has 0 aliphatic rings. The molecule has 0 saturated carbocycles. The molecular formula is C16H24N24Y3-6. The smallest absolute Gasteiger partial charge is 0.177 e. The van der Waals surface area contributed by atoms with Crippen LogP contribution in [0, 0.1) is 35.9 Å². The predicted octanol–water partition coefficient (Wildman–Crippen LogP) is 0.293. The Balaban J connectivity index is -0.000000107. The van der Waals surface area contributed by atoms with Crippen molar-refractivity contribution in [3.8, 4) is 6.07 Å². The van der Waals surface area contributed by atoms with Crippen LogP contribution in [0.4, 0.5) is 0 Å². The summed E-state index contributed by atoms with van der Waals surface area (Å²) in [6, 6.07) is 1.65. The summed E-state index contributed by atoms with van der Waals surface area (Å²) in [5.74, 6) is 1.91. The van der Waals surface area contributed by atoms with Crippen LogP contribution in [-0.4, -0.2) is 77.8 Å². The molecule has 0 N–H and O–H groups in total. The predicted molar refractivity (Wildman–Crippen MR) is 130 cm³/mol. The van der Waals surface area contributed by atoms with E-state index in [0.29, 0.717) is 30.6 Å². The molecule has 0 aliphatic heterocycles. The maximum absolute atomic E-state index is 7.68. The summed E-state index contributed by atoms with van der Waals surface area (Å²) in [5, 5.41) is 67.1. The van der Waals surface area contributed by atoms with E-state index in [2.05, 4.69) is 88.4 Å². The Hall–Kier alpha value is -2.81. The molecule has 24 nitrogen and oxygen atoms in total. The van der Waals surface area contributed by atoms with Gasteiger partial charge in [0.15, 0.2) is 5.82 Å². The van der Waals surface area contributed by atoms with Crippen molar-refractivity contribution in [2.24, 2.45) is 5.11 Å². The summed E-state index contributed by atoms with van der Waals surface area (Å²) in [7, 11) is 0.